The largest absolute Gasteiger partial charge is 0.300 e. The molecule has 1 aromatic heterocycles. The predicted molar refractivity (Wildman–Crippen MR) is 71.2 cm³/mol. The van der Waals surface area contributed by atoms with E-state index in [2.05, 4.69) is 0 Å². The average Bonchev–Trinajstić information content (AvgIpc) is 2.96. The van der Waals surface area contributed by atoms with Gasteiger partial charge in [0.15, 0.2) is 0 Å². The molecule has 1 amide bonds. The predicted octanol–water partition coefficient (Wildman–Crippen LogP) is 3.27. The van der Waals surface area contributed by atoms with Crippen molar-refractivity contribution in [3.63, 3.8) is 0 Å². The van der Waals surface area contributed by atoms with Gasteiger partial charge >= 0.3 is 0 Å². The summed E-state index contributed by atoms with van der Waals surface area (Å²) in [7, 11) is 0. The van der Waals surface area contributed by atoms with E-state index in [1.54, 1.807) is 0 Å². The number of benzene rings is 1. The van der Waals surface area contributed by atoms with Crippen molar-refractivity contribution in [2.45, 2.75) is 6.54 Å². The van der Waals surface area contributed by atoms with Crippen LogP contribution in [0.1, 0.15) is 15.9 Å². The molecule has 1 aliphatic heterocycles. The minimum Gasteiger partial charge on any atom is -0.300 e. The van der Waals surface area contributed by atoms with Gasteiger partial charge in [0.25, 0.3) is 11.7 Å². The number of amides is 1. The number of anilines is 1. The van der Waals surface area contributed by atoms with Crippen LogP contribution in [0.2, 0.25) is 5.02 Å². The van der Waals surface area contributed by atoms with E-state index < -0.39 is 17.5 Å². The van der Waals surface area contributed by atoms with Crippen molar-refractivity contribution in [1.82, 2.24) is 0 Å². The Kier molecular flexibility index (Phi) is 2.88. The molecule has 0 saturated heterocycles. The maximum Gasteiger partial charge on any atom is 0.299 e. The number of carbonyl (C=O) groups excluding carboxylic acids is 2. The molecule has 3 rings (SSSR count). The summed E-state index contributed by atoms with van der Waals surface area (Å²) in [5.74, 6) is -1.94. The van der Waals surface area contributed by atoms with E-state index in [-0.39, 0.29) is 22.8 Å². The maximum absolute atomic E-state index is 13.5. The number of hydrogen-bond acceptors (Lipinski definition) is 3. The first-order valence-corrected chi connectivity index (χ1v) is 6.76. The third-order valence-electron chi connectivity index (χ3n) is 2.93. The molecule has 2 aromatic rings. The smallest absolute Gasteiger partial charge is 0.299 e. The molecule has 0 N–H and O–H groups in total. The van der Waals surface area contributed by atoms with Gasteiger partial charge in [-0.2, -0.15) is 11.3 Å². The molecule has 0 unspecified atom stereocenters. The number of thiophene rings is 1. The number of carbonyl (C=O) groups is 2. The van der Waals surface area contributed by atoms with Crippen LogP contribution in [-0.2, 0) is 11.3 Å². The second kappa shape index (κ2) is 4.43. The highest BCUT2D eigenvalue weighted by Gasteiger charge is 2.36. The van der Waals surface area contributed by atoms with E-state index >= 15 is 0 Å². The van der Waals surface area contributed by atoms with Gasteiger partial charge in [0.1, 0.15) is 5.82 Å². The molecule has 19 heavy (non-hydrogen) atoms. The lowest BCUT2D eigenvalue weighted by Crippen LogP contribution is -2.28. The van der Waals surface area contributed by atoms with Crippen molar-refractivity contribution in [3.05, 3.63) is 50.9 Å². The van der Waals surface area contributed by atoms with Crippen LogP contribution in [-0.4, -0.2) is 11.7 Å². The zero-order chi connectivity index (χ0) is 13.6. The summed E-state index contributed by atoms with van der Waals surface area (Å²) < 4.78 is 13.5. The molecule has 1 aliphatic rings. The summed E-state index contributed by atoms with van der Waals surface area (Å²) in [6, 6.07) is 4.19. The van der Waals surface area contributed by atoms with Crippen molar-refractivity contribution in [2.75, 3.05) is 4.90 Å². The number of nitrogens with zero attached hydrogens (tertiary/aromatic N) is 1. The second-order valence-corrected chi connectivity index (χ2v) is 5.32. The van der Waals surface area contributed by atoms with Gasteiger partial charge in [-0.15, -0.1) is 0 Å². The molecule has 0 atom stereocenters. The van der Waals surface area contributed by atoms with E-state index in [1.807, 2.05) is 16.8 Å². The number of rotatable bonds is 2. The summed E-state index contributed by atoms with van der Waals surface area (Å²) >= 11 is 7.13. The van der Waals surface area contributed by atoms with Gasteiger partial charge in [0, 0.05) is 0 Å². The number of fused-ring (bicyclic) bond motifs is 1. The van der Waals surface area contributed by atoms with Gasteiger partial charge in [0.05, 0.1) is 22.8 Å². The number of hydrogen-bond donors (Lipinski definition) is 0. The van der Waals surface area contributed by atoms with Crippen molar-refractivity contribution in [3.8, 4) is 0 Å². The molecule has 96 valence electrons. The molecule has 6 heteroatoms. The summed E-state index contributed by atoms with van der Waals surface area (Å²) in [5, 5.41) is 3.60. The Morgan fingerprint density at radius 3 is 2.79 bits per heavy atom. The third-order valence-corrected chi connectivity index (χ3v) is 3.96. The Labute approximate surface area is 117 Å². The van der Waals surface area contributed by atoms with Crippen LogP contribution >= 0.6 is 22.9 Å². The van der Waals surface area contributed by atoms with Crippen LogP contribution in [0.3, 0.4) is 0 Å². The van der Waals surface area contributed by atoms with Crippen LogP contribution in [0.25, 0.3) is 0 Å². The summed E-state index contributed by atoms with van der Waals surface area (Å²) in [4.78, 5) is 25.0. The Balaban J connectivity index is 2.06. The van der Waals surface area contributed by atoms with Crippen LogP contribution in [0.5, 0.6) is 0 Å². The van der Waals surface area contributed by atoms with Gasteiger partial charge in [-0.1, -0.05) is 11.6 Å². The molecular formula is C13H7ClFNO2S. The summed E-state index contributed by atoms with van der Waals surface area (Å²) in [6.45, 7) is 0.252. The first-order chi connectivity index (χ1) is 9.08. The van der Waals surface area contributed by atoms with Gasteiger partial charge in [-0.05, 0) is 34.5 Å². The average molecular weight is 296 g/mol. The van der Waals surface area contributed by atoms with E-state index in [0.29, 0.717) is 0 Å². The molecule has 3 nitrogen and oxygen atoms in total. The first-order valence-electron chi connectivity index (χ1n) is 5.44. The quantitative estimate of drug-likeness (QED) is 0.798. The van der Waals surface area contributed by atoms with E-state index in [0.717, 1.165) is 11.6 Å². The van der Waals surface area contributed by atoms with Crippen LogP contribution in [0.4, 0.5) is 10.1 Å². The maximum atomic E-state index is 13.5. The Morgan fingerprint density at radius 2 is 2.11 bits per heavy atom. The minimum absolute atomic E-state index is 0.155. The molecule has 0 bridgehead atoms. The molecule has 0 aliphatic carbocycles. The molecule has 0 saturated carbocycles. The standard InChI is InChI=1S/C13H7ClFNO2S/c14-9-3-8-11(4-10(9)15)16(13(18)12(8)17)5-7-1-2-19-6-7/h1-4,6H,5H2. The molecule has 0 radical (unpaired) electrons. The van der Waals surface area contributed by atoms with Crippen LogP contribution < -0.4 is 4.90 Å². The second-order valence-electron chi connectivity index (χ2n) is 4.14. The van der Waals surface area contributed by atoms with Crippen molar-refractivity contribution in [2.24, 2.45) is 0 Å². The zero-order valence-electron chi connectivity index (χ0n) is 9.52. The van der Waals surface area contributed by atoms with Gasteiger partial charge < -0.3 is 4.90 Å². The minimum atomic E-state index is -0.650. The highest BCUT2D eigenvalue weighted by atomic mass is 35.5. The van der Waals surface area contributed by atoms with Gasteiger partial charge in [0.2, 0.25) is 0 Å². The topological polar surface area (TPSA) is 37.4 Å². The highest BCUT2D eigenvalue weighted by Crippen LogP contribution is 2.34. The summed E-state index contributed by atoms with van der Waals surface area (Å²) in [5.41, 5.74) is 1.34. The Morgan fingerprint density at radius 1 is 1.32 bits per heavy atom. The van der Waals surface area contributed by atoms with Gasteiger partial charge in [-0.25, -0.2) is 4.39 Å². The highest BCUT2D eigenvalue weighted by molar-refractivity contribution is 7.07. The number of Topliss-reactive ketones (excluding diaryl/α,β-unsaturated/α-hetero) is 1. The van der Waals surface area contributed by atoms with E-state index in [4.69, 9.17) is 11.6 Å². The van der Waals surface area contributed by atoms with Crippen molar-refractivity contribution < 1.29 is 14.0 Å². The molecular weight excluding hydrogens is 289 g/mol. The molecule has 2 heterocycles. The summed E-state index contributed by atoms with van der Waals surface area (Å²) in [6.07, 6.45) is 0. The fourth-order valence-corrected chi connectivity index (χ4v) is 2.83. The van der Waals surface area contributed by atoms with Crippen LogP contribution in [0.15, 0.2) is 29.0 Å². The SMILES string of the molecule is O=C1C(=O)N(Cc2ccsc2)c2cc(F)c(Cl)cc21. The fourth-order valence-electron chi connectivity index (χ4n) is 2.01. The number of ketones is 1. The molecule has 0 spiro atoms. The van der Waals surface area contributed by atoms with E-state index in [1.165, 1.54) is 22.3 Å². The lowest BCUT2D eigenvalue weighted by Gasteiger charge is -2.15. The monoisotopic (exact) mass is 295 g/mol. The van der Waals surface area contributed by atoms with E-state index in [9.17, 15) is 14.0 Å². The van der Waals surface area contributed by atoms with Crippen molar-refractivity contribution in [1.29, 1.82) is 0 Å². The third kappa shape index (κ3) is 1.95. The van der Waals surface area contributed by atoms with Gasteiger partial charge in [-0.3, -0.25) is 9.59 Å². The molecule has 1 aromatic carbocycles. The Hall–Kier alpha value is -1.72. The zero-order valence-corrected chi connectivity index (χ0v) is 11.1. The number of halogens is 2. The normalized spacial score (nSPS) is 14.1. The molecule has 0 fully saturated rings. The fraction of sp³-hybridized carbons (Fsp3) is 0.0769. The van der Waals surface area contributed by atoms with Crippen LogP contribution in [0, 0.1) is 5.82 Å². The Bertz CT molecular complexity index is 684. The lowest BCUT2D eigenvalue weighted by atomic mass is 10.1. The van der Waals surface area contributed by atoms with Crippen molar-refractivity contribution >= 4 is 40.3 Å². The lowest BCUT2D eigenvalue weighted by molar-refractivity contribution is -0.114. The first kappa shape index (κ1) is 12.3.